The first-order valence-corrected chi connectivity index (χ1v) is 8.19. The van der Waals surface area contributed by atoms with E-state index >= 15 is 0 Å². The topological polar surface area (TPSA) is 129 Å². The van der Waals surface area contributed by atoms with Crippen molar-refractivity contribution < 1.29 is 29.3 Å². The number of hydrogen-bond donors (Lipinski definition) is 4. The number of carboxylic acids is 2. The minimum Gasteiger partial charge on any atom is -0.497 e. The molecule has 4 N–H and O–H groups in total. The van der Waals surface area contributed by atoms with Gasteiger partial charge in [-0.25, -0.2) is 4.79 Å². The summed E-state index contributed by atoms with van der Waals surface area (Å²) in [5.41, 5.74) is 3.05. The van der Waals surface area contributed by atoms with E-state index in [9.17, 15) is 19.5 Å². The molecule has 3 rings (SSSR count). The Hall–Kier alpha value is -3.55. The Labute approximate surface area is 154 Å². The Balaban J connectivity index is 2.09. The second-order valence-corrected chi connectivity index (χ2v) is 6.14. The van der Waals surface area contributed by atoms with Crippen LogP contribution in [0, 0.1) is 6.92 Å². The molecule has 0 saturated heterocycles. The first-order valence-electron chi connectivity index (χ1n) is 8.19. The number of methoxy groups -OCH3 is 1. The molecule has 0 fully saturated rings. The molecule has 0 atom stereocenters. The SMILES string of the molecule is COc1ccc2c(c1)NC(=O)/C2=C\c1[nH]c(C(=O)O)c(C)c1CCC(=O)O. The van der Waals surface area contributed by atoms with Gasteiger partial charge in [-0.1, -0.05) is 0 Å². The molecule has 1 amide bonds. The van der Waals surface area contributed by atoms with Gasteiger partial charge in [-0.05, 0) is 42.7 Å². The molecule has 1 aromatic heterocycles. The number of nitrogens with one attached hydrogen (secondary N) is 2. The van der Waals surface area contributed by atoms with Crippen LogP contribution in [0.1, 0.15) is 39.3 Å². The number of aromatic carboxylic acids is 1. The molecule has 0 spiro atoms. The lowest BCUT2D eigenvalue weighted by Crippen LogP contribution is -2.04. The van der Waals surface area contributed by atoms with Crippen molar-refractivity contribution in [1.29, 1.82) is 0 Å². The van der Waals surface area contributed by atoms with Crippen LogP contribution in [0.25, 0.3) is 11.6 Å². The maximum atomic E-state index is 12.4. The Morgan fingerprint density at radius 2 is 2.00 bits per heavy atom. The van der Waals surface area contributed by atoms with Gasteiger partial charge in [0.15, 0.2) is 0 Å². The normalized spacial score (nSPS) is 14.1. The van der Waals surface area contributed by atoms with Crippen molar-refractivity contribution in [3.8, 4) is 5.75 Å². The molecule has 1 aliphatic rings. The van der Waals surface area contributed by atoms with E-state index in [0.29, 0.717) is 39.4 Å². The highest BCUT2D eigenvalue weighted by atomic mass is 16.5. The van der Waals surface area contributed by atoms with Crippen LogP contribution in [-0.2, 0) is 16.0 Å². The molecule has 0 radical (unpaired) electrons. The number of carbonyl (C=O) groups is 3. The number of carboxylic acid groups (broad SMARTS) is 2. The number of ether oxygens (including phenoxy) is 1. The molecule has 27 heavy (non-hydrogen) atoms. The summed E-state index contributed by atoms with van der Waals surface area (Å²) < 4.78 is 5.15. The van der Waals surface area contributed by atoms with Gasteiger partial charge in [-0.15, -0.1) is 0 Å². The third-order valence-electron chi connectivity index (χ3n) is 4.51. The number of amides is 1. The molecule has 2 aromatic rings. The first-order chi connectivity index (χ1) is 12.8. The minimum atomic E-state index is -1.14. The average Bonchev–Trinajstić information content (AvgIpc) is 3.09. The highest BCUT2D eigenvalue weighted by Crippen LogP contribution is 2.36. The third kappa shape index (κ3) is 3.41. The van der Waals surface area contributed by atoms with Gasteiger partial charge in [-0.2, -0.15) is 0 Å². The zero-order chi connectivity index (χ0) is 19.7. The zero-order valence-electron chi connectivity index (χ0n) is 14.8. The maximum Gasteiger partial charge on any atom is 0.352 e. The number of aromatic amines is 1. The number of aromatic nitrogens is 1. The summed E-state index contributed by atoms with van der Waals surface area (Å²) in [6, 6.07) is 5.16. The van der Waals surface area contributed by atoms with E-state index in [1.807, 2.05) is 0 Å². The summed E-state index contributed by atoms with van der Waals surface area (Å²) in [5.74, 6) is -1.86. The van der Waals surface area contributed by atoms with E-state index in [4.69, 9.17) is 9.84 Å². The molecule has 1 aliphatic heterocycles. The predicted molar refractivity (Wildman–Crippen MR) is 97.9 cm³/mol. The number of rotatable bonds is 6. The van der Waals surface area contributed by atoms with Crippen molar-refractivity contribution in [1.82, 2.24) is 4.98 Å². The summed E-state index contributed by atoms with van der Waals surface area (Å²) in [6.45, 7) is 1.62. The molecule has 8 heteroatoms. The second kappa shape index (κ2) is 6.99. The largest absolute Gasteiger partial charge is 0.497 e. The fourth-order valence-electron chi connectivity index (χ4n) is 3.14. The van der Waals surface area contributed by atoms with Gasteiger partial charge in [0.25, 0.3) is 5.91 Å². The summed E-state index contributed by atoms with van der Waals surface area (Å²) >= 11 is 0. The monoisotopic (exact) mass is 370 g/mol. The van der Waals surface area contributed by atoms with Crippen LogP contribution in [-0.4, -0.2) is 40.2 Å². The Morgan fingerprint density at radius 3 is 2.63 bits per heavy atom. The van der Waals surface area contributed by atoms with Gasteiger partial charge in [0, 0.05) is 23.7 Å². The van der Waals surface area contributed by atoms with Crippen molar-refractivity contribution in [2.45, 2.75) is 19.8 Å². The van der Waals surface area contributed by atoms with E-state index in [2.05, 4.69) is 10.3 Å². The number of hydrogen-bond acceptors (Lipinski definition) is 4. The van der Waals surface area contributed by atoms with E-state index < -0.39 is 11.9 Å². The van der Waals surface area contributed by atoms with Gasteiger partial charge in [-0.3, -0.25) is 9.59 Å². The second-order valence-electron chi connectivity index (χ2n) is 6.14. The molecule has 0 saturated carbocycles. The predicted octanol–water partition coefficient (Wildman–Crippen LogP) is 2.54. The van der Waals surface area contributed by atoms with E-state index in [1.165, 1.54) is 7.11 Å². The van der Waals surface area contributed by atoms with E-state index in [-0.39, 0.29) is 24.4 Å². The molecule has 8 nitrogen and oxygen atoms in total. The number of H-pyrrole nitrogens is 1. The standard InChI is InChI=1S/C19H18N2O6/c1-9-11(5-6-16(22)23)15(20-17(9)19(25)26)8-13-12-4-3-10(27-2)7-14(12)21-18(13)24/h3-4,7-8,20H,5-6H2,1-2H3,(H,21,24)(H,22,23)(H,25,26)/b13-8-. The number of aliphatic carboxylic acids is 1. The summed E-state index contributed by atoms with van der Waals surface area (Å²) in [4.78, 5) is 37.6. The Kier molecular flexibility index (Phi) is 4.72. The first kappa shape index (κ1) is 18.2. The highest BCUT2D eigenvalue weighted by Gasteiger charge is 2.26. The van der Waals surface area contributed by atoms with E-state index in [0.717, 1.165) is 0 Å². The van der Waals surface area contributed by atoms with Crippen LogP contribution in [0.2, 0.25) is 0 Å². The lowest BCUT2D eigenvalue weighted by molar-refractivity contribution is -0.137. The quantitative estimate of drug-likeness (QED) is 0.579. The smallest absolute Gasteiger partial charge is 0.352 e. The van der Waals surface area contributed by atoms with Gasteiger partial charge in [0.1, 0.15) is 11.4 Å². The molecule has 140 valence electrons. The van der Waals surface area contributed by atoms with Crippen LogP contribution in [0.15, 0.2) is 18.2 Å². The van der Waals surface area contributed by atoms with Crippen LogP contribution in [0.4, 0.5) is 5.69 Å². The highest BCUT2D eigenvalue weighted by molar-refractivity contribution is 6.35. The molecule has 2 heterocycles. The number of fused-ring (bicyclic) bond motifs is 1. The summed E-state index contributed by atoms with van der Waals surface area (Å²) in [7, 11) is 1.53. The number of benzene rings is 1. The summed E-state index contributed by atoms with van der Waals surface area (Å²) in [6.07, 6.45) is 1.57. The zero-order valence-corrected chi connectivity index (χ0v) is 14.8. The lowest BCUT2D eigenvalue weighted by Gasteiger charge is -2.03. The van der Waals surface area contributed by atoms with Crippen LogP contribution in [0.5, 0.6) is 5.75 Å². The lowest BCUT2D eigenvalue weighted by atomic mass is 10.0. The van der Waals surface area contributed by atoms with Crippen LogP contribution >= 0.6 is 0 Å². The fraction of sp³-hybridized carbons (Fsp3) is 0.211. The average molecular weight is 370 g/mol. The van der Waals surface area contributed by atoms with Gasteiger partial charge in [0.2, 0.25) is 0 Å². The number of carbonyl (C=O) groups excluding carboxylic acids is 1. The van der Waals surface area contributed by atoms with E-state index in [1.54, 1.807) is 31.2 Å². The summed E-state index contributed by atoms with van der Waals surface area (Å²) in [5, 5.41) is 21.1. The van der Waals surface area contributed by atoms with Crippen molar-refractivity contribution in [2.75, 3.05) is 12.4 Å². The molecule has 1 aromatic carbocycles. The van der Waals surface area contributed by atoms with Gasteiger partial charge in [0.05, 0.1) is 18.4 Å². The van der Waals surface area contributed by atoms with Gasteiger partial charge >= 0.3 is 11.9 Å². The maximum absolute atomic E-state index is 12.4. The van der Waals surface area contributed by atoms with Crippen LogP contribution in [0.3, 0.4) is 0 Å². The van der Waals surface area contributed by atoms with Crippen molar-refractivity contribution >= 4 is 35.2 Å². The Bertz CT molecular complexity index is 986. The van der Waals surface area contributed by atoms with Crippen molar-refractivity contribution in [2.24, 2.45) is 0 Å². The van der Waals surface area contributed by atoms with Crippen molar-refractivity contribution in [3.05, 3.63) is 46.3 Å². The van der Waals surface area contributed by atoms with Gasteiger partial charge < -0.3 is 25.3 Å². The van der Waals surface area contributed by atoms with Crippen LogP contribution < -0.4 is 10.1 Å². The molecular weight excluding hydrogens is 352 g/mol. The fourth-order valence-corrected chi connectivity index (χ4v) is 3.14. The molecular formula is C19H18N2O6. The Morgan fingerprint density at radius 1 is 1.26 bits per heavy atom. The molecule has 0 unspecified atom stereocenters. The van der Waals surface area contributed by atoms with Crippen molar-refractivity contribution in [3.63, 3.8) is 0 Å². The third-order valence-corrected chi connectivity index (χ3v) is 4.51. The minimum absolute atomic E-state index is 0.0180. The molecule has 0 aliphatic carbocycles. The molecule has 0 bridgehead atoms. The number of anilines is 1.